The van der Waals surface area contributed by atoms with Crippen molar-refractivity contribution in [3.8, 4) is 0 Å². The molecule has 1 aromatic carbocycles. The monoisotopic (exact) mass is 359 g/mol. The van der Waals surface area contributed by atoms with Crippen LogP contribution >= 0.6 is 11.6 Å². The van der Waals surface area contributed by atoms with Crippen LogP contribution in [0.4, 0.5) is 5.82 Å². The molecule has 6 heteroatoms. The van der Waals surface area contributed by atoms with E-state index in [0.717, 1.165) is 37.3 Å². The largest absolute Gasteiger partial charge is 0.387 e. The third-order valence-corrected chi connectivity index (χ3v) is 4.78. The van der Waals surface area contributed by atoms with E-state index >= 15 is 0 Å². The van der Waals surface area contributed by atoms with Crippen LogP contribution in [-0.2, 0) is 4.79 Å². The molecule has 0 unspecified atom stereocenters. The van der Waals surface area contributed by atoms with Crippen molar-refractivity contribution in [3.63, 3.8) is 0 Å². The van der Waals surface area contributed by atoms with E-state index < -0.39 is 6.10 Å². The SMILES string of the molecule is O=C(NC[C@@H](O)c1ccccc1)C1CCN(c2ccc(Cl)cn2)CC1. The molecule has 5 nitrogen and oxygen atoms in total. The minimum absolute atomic E-state index is 0.0127. The number of anilines is 1. The van der Waals surface area contributed by atoms with Crippen LogP contribution in [-0.4, -0.2) is 35.6 Å². The van der Waals surface area contributed by atoms with Gasteiger partial charge in [0, 0.05) is 31.7 Å². The summed E-state index contributed by atoms with van der Waals surface area (Å²) >= 11 is 5.87. The van der Waals surface area contributed by atoms with E-state index in [1.807, 2.05) is 42.5 Å². The van der Waals surface area contributed by atoms with Gasteiger partial charge in [-0.2, -0.15) is 0 Å². The van der Waals surface area contributed by atoms with Crippen LogP contribution in [0, 0.1) is 5.92 Å². The molecule has 2 heterocycles. The summed E-state index contributed by atoms with van der Waals surface area (Å²) in [4.78, 5) is 18.8. The normalized spacial score (nSPS) is 16.5. The summed E-state index contributed by atoms with van der Waals surface area (Å²) in [6.45, 7) is 1.81. The number of nitrogens with zero attached hydrogens (tertiary/aromatic N) is 2. The van der Waals surface area contributed by atoms with Gasteiger partial charge in [-0.05, 0) is 30.5 Å². The Kier molecular flexibility index (Phi) is 5.89. The van der Waals surface area contributed by atoms with Crippen molar-refractivity contribution in [2.75, 3.05) is 24.5 Å². The predicted octanol–water partition coefficient (Wildman–Crippen LogP) is 2.80. The van der Waals surface area contributed by atoms with Crippen molar-refractivity contribution in [2.45, 2.75) is 18.9 Å². The lowest BCUT2D eigenvalue weighted by Crippen LogP contribution is -2.41. The number of pyridine rings is 1. The van der Waals surface area contributed by atoms with Crippen LogP contribution in [0.25, 0.3) is 0 Å². The number of hydrogen-bond acceptors (Lipinski definition) is 4. The summed E-state index contributed by atoms with van der Waals surface area (Å²) in [5.41, 5.74) is 0.812. The zero-order valence-corrected chi connectivity index (χ0v) is 14.7. The summed E-state index contributed by atoms with van der Waals surface area (Å²) in [5.74, 6) is 0.882. The van der Waals surface area contributed by atoms with Gasteiger partial charge in [0.2, 0.25) is 5.91 Å². The molecule has 0 radical (unpaired) electrons. The van der Waals surface area contributed by atoms with Crippen LogP contribution < -0.4 is 10.2 Å². The Labute approximate surface area is 152 Å². The highest BCUT2D eigenvalue weighted by molar-refractivity contribution is 6.30. The first-order chi connectivity index (χ1) is 12.1. The number of hydrogen-bond donors (Lipinski definition) is 2. The van der Waals surface area contributed by atoms with Gasteiger partial charge in [-0.25, -0.2) is 4.98 Å². The van der Waals surface area contributed by atoms with Gasteiger partial charge < -0.3 is 15.3 Å². The van der Waals surface area contributed by atoms with E-state index in [1.165, 1.54) is 0 Å². The Morgan fingerprint density at radius 1 is 1.24 bits per heavy atom. The number of aliphatic hydroxyl groups excluding tert-OH is 1. The highest BCUT2D eigenvalue weighted by Crippen LogP contribution is 2.23. The van der Waals surface area contributed by atoms with E-state index in [0.29, 0.717) is 5.02 Å². The molecule has 0 saturated carbocycles. The molecule has 1 aromatic heterocycles. The van der Waals surface area contributed by atoms with Crippen molar-refractivity contribution < 1.29 is 9.90 Å². The van der Waals surface area contributed by atoms with Crippen molar-refractivity contribution >= 4 is 23.3 Å². The highest BCUT2D eigenvalue weighted by atomic mass is 35.5. The van der Waals surface area contributed by atoms with Crippen LogP contribution in [0.1, 0.15) is 24.5 Å². The molecule has 132 valence electrons. The third kappa shape index (κ3) is 4.71. The number of carbonyl (C=O) groups excluding carboxylic acids is 1. The van der Waals surface area contributed by atoms with Crippen molar-refractivity contribution in [1.82, 2.24) is 10.3 Å². The summed E-state index contributed by atoms with van der Waals surface area (Å²) in [6, 6.07) is 13.1. The first-order valence-electron chi connectivity index (χ1n) is 8.50. The van der Waals surface area contributed by atoms with Crippen LogP contribution in [0.3, 0.4) is 0 Å². The molecule has 1 aliphatic heterocycles. The van der Waals surface area contributed by atoms with Gasteiger partial charge in [0.05, 0.1) is 11.1 Å². The highest BCUT2D eigenvalue weighted by Gasteiger charge is 2.25. The van der Waals surface area contributed by atoms with E-state index in [-0.39, 0.29) is 18.4 Å². The van der Waals surface area contributed by atoms with E-state index in [2.05, 4.69) is 15.2 Å². The molecule has 2 N–H and O–H groups in total. The number of benzene rings is 1. The Morgan fingerprint density at radius 2 is 1.96 bits per heavy atom. The van der Waals surface area contributed by atoms with E-state index in [4.69, 9.17) is 11.6 Å². The van der Waals surface area contributed by atoms with Crippen molar-refractivity contribution in [1.29, 1.82) is 0 Å². The second kappa shape index (κ2) is 8.32. The molecule has 3 rings (SSSR count). The Bertz CT molecular complexity index is 686. The molecule has 1 saturated heterocycles. The minimum Gasteiger partial charge on any atom is -0.387 e. The molecule has 1 atom stereocenters. The fourth-order valence-electron chi connectivity index (χ4n) is 3.06. The molecule has 1 fully saturated rings. The zero-order valence-electron chi connectivity index (χ0n) is 13.9. The Balaban J connectivity index is 1.46. The van der Waals surface area contributed by atoms with E-state index in [1.54, 1.807) is 6.20 Å². The number of piperidine rings is 1. The van der Waals surface area contributed by atoms with Gasteiger partial charge in [0.1, 0.15) is 5.82 Å². The fraction of sp³-hybridized carbons (Fsp3) is 0.368. The number of halogens is 1. The smallest absolute Gasteiger partial charge is 0.223 e. The number of carbonyl (C=O) groups is 1. The van der Waals surface area contributed by atoms with E-state index in [9.17, 15) is 9.90 Å². The lowest BCUT2D eigenvalue weighted by molar-refractivity contribution is -0.126. The van der Waals surface area contributed by atoms with Crippen LogP contribution in [0.5, 0.6) is 0 Å². The molecule has 1 aliphatic rings. The van der Waals surface area contributed by atoms with Gasteiger partial charge in [-0.15, -0.1) is 0 Å². The third-order valence-electron chi connectivity index (χ3n) is 4.56. The molecule has 1 amide bonds. The first kappa shape index (κ1) is 17.7. The molecule has 25 heavy (non-hydrogen) atoms. The van der Waals surface area contributed by atoms with Crippen LogP contribution in [0.2, 0.25) is 5.02 Å². The number of rotatable bonds is 5. The zero-order chi connectivity index (χ0) is 17.6. The minimum atomic E-state index is -0.677. The molecule has 2 aromatic rings. The van der Waals surface area contributed by atoms with Gasteiger partial charge >= 0.3 is 0 Å². The fourth-order valence-corrected chi connectivity index (χ4v) is 3.17. The standard InChI is InChI=1S/C19H22ClN3O2/c20-16-6-7-18(21-12-16)23-10-8-15(9-11-23)19(25)22-13-17(24)14-4-2-1-3-5-14/h1-7,12,15,17,24H,8-11,13H2,(H,22,25)/t17-/m1/s1. The first-order valence-corrected chi connectivity index (χ1v) is 8.88. The number of amides is 1. The molecule has 0 spiro atoms. The van der Waals surface area contributed by atoms with Gasteiger partial charge in [0.15, 0.2) is 0 Å². The quantitative estimate of drug-likeness (QED) is 0.861. The van der Waals surface area contributed by atoms with Crippen LogP contribution in [0.15, 0.2) is 48.7 Å². The second-order valence-corrected chi connectivity index (χ2v) is 6.70. The second-order valence-electron chi connectivity index (χ2n) is 6.27. The summed E-state index contributed by atoms with van der Waals surface area (Å²) < 4.78 is 0. The van der Waals surface area contributed by atoms with Gasteiger partial charge in [-0.3, -0.25) is 4.79 Å². The number of aromatic nitrogens is 1. The van der Waals surface area contributed by atoms with Crippen molar-refractivity contribution in [3.05, 3.63) is 59.2 Å². The molecule has 0 bridgehead atoms. The maximum Gasteiger partial charge on any atom is 0.223 e. The van der Waals surface area contributed by atoms with Crippen molar-refractivity contribution in [2.24, 2.45) is 5.92 Å². The Hall–Kier alpha value is -2.11. The summed E-state index contributed by atoms with van der Waals surface area (Å²) in [7, 11) is 0. The Morgan fingerprint density at radius 3 is 2.60 bits per heavy atom. The lowest BCUT2D eigenvalue weighted by atomic mass is 9.95. The summed E-state index contributed by atoms with van der Waals surface area (Å²) in [5, 5.41) is 13.6. The molecular formula is C19H22ClN3O2. The molecule has 0 aliphatic carbocycles. The summed E-state index contributed by atoms with van der Waals surface area (Å²) in [6.07, 6.45) is 2.51. The topological polar surface area (TPSA) is 65.5 Å². The average Bonchev–Trinajstić information content (AvgIpc) is 2.67. The predicted molar refractivity (Wildman–Crippen MR) is 98.6 cm³/mol. The number of aliphatic hydroxyl groups is 1. The average molecular weight is 360 g/mol. The molecular weight excluding hydrogens is 338 g/mol. The maximum absolute atomic E-state index is 12.3. The maximum atomic E-state index is 12.3. The number of nitrogens with one attached hydrogen (secondary N) is 1. The van der Waals surface area contributed by atoms with Gasteiger partial charge in [-0.1, -0.05) is 41.9 Å². The lowest BCUT2D eigenvalue weighted by Gasteiger charge is -2.32. The van der Waals surface area contributed by atoms with Gasteiger partial charge in [0.25, 0.3) is 0 Å².